The summed E-state index contributed by atoms with van der Waals surface area (Å²) in [6.07, 6.45) is 0.153. The molecule has 0 radical (unpaired) electrons. The number of aryl methyl sites for hydroxylation is 1. The molecule has 0 spiro atoms. The topological polar surface area (TPSA) is 86.5 Å². The number of nitrogens with two attached hydrogens (primary N) is 1. The first-order chi connectivity index (χ1) is 12.0. The van der Waals surface area contributed by atoms with E-state index in [0.29, 0.717) is 34.7 Å². The molecule has 1 aromatic heterocycles. The Hall–Kier alpha value is -2.00. The molecule has 0 bridgehead atoms. The zero-order valence-electron chi connectivity index (χ0n) is 13.4. The van der Waals surface area contributed by atoms with E-state index in [1.165, 1.54) is 23.9 Å². The van der Waals surface area contributed by atoms with Crippen LogP contribution in [-0.2, 0) is 10.3 Å². The Morgan fingerprint density at radius 3 is 2.88 bits per heavy atom. The van der Waals surface area contributed by atoms with Crippen LogP contribution in [0.2, 0.25) is 0 Å². The quantitative estimate of drug-likeness (QED) is 0.879. The van der Waals surface area contributed by atoms with Gasteiger partial charge in [0, 0.05) is 30.2 Å². The second-order valence-electron chi connectivity index (χ2n) is 6.20. The number of hydrogen-bond acceptors (Lipinski definition) is 7. The molecule has 1 fully saturated rings. The van der Waals surface area contributed by atoms with Crippen molar-refractivity contribution < 1.29 is 17.9 Å². The van der Waals surface area contributed by atoms with E-state index in [1.54, 1.807) is 6.92 Å². The van der Waals surface area contributed by atoms with Gasteiger partial charge in [0.15, 0.2) is 5.17 Å². The monoisotopic (exact) mass is 366 g/mol. The maximum absolute atomic E-state index is 14.5. The van der Waals surface area contributed by atoms with Crippen molar-refractivity contribution in [1.82, 2.24) is 10.2 Å². The number of amidine groups is 1. The fourth-order valence-electron chi connectivity index (χ4n) is 3.42. The standard InChI is InChI=1S/C16H16F2N4O2S/c1-8-21-22-14(24-8)13-4-9-6-25-15(19)20-16(9,7-23-13)11-3-2-10(17)5-12(11)18/h2-3,5,9,13H,4,6-7H2,1H3,(H2,19,20)/t9-,13+,16-/m0/s1. The van der Waals surface area contributed by atoms with Crippen LogP contribution in [0.4, 0.5) is 8.78 Å². The van der Waals surface area contributed by atoms with E-state index in [-0.39, 0.29) is 18.6 Å². The van der Waals surface area contributed by atoms with Crippen molar-refractivity contribution in [2.45, 2.75) is 25.0 Å². The van der Waals surface area contributed by atoms with Crippen LogP contribution >= 0.6 is 11.8 Å². The Kier molecular flexibility index (Phi) is 3.99. The van der Waals surface area contributed by atoms with Gasteiger partial charge in [-0.25, -0.2) is 13.8 Å². The number of ether oxygens (including phenoxy) is 1. The van der Waals surface area contributed by atoms with E-state index in [2.05, 4.69) is 15.2 Å². The van der Waals surface area contributed by atoms with Gasteiger partial charge in [-0.15, -0.1) is 10.2 Å². The first kappa shape index (κ1) is 16.5. The van der Waals surface area contributed by atoms with E-state index in [0.717, 1.165) is 6.07 Å². The van der Waals surface area contributed by atoms with Crippen molar-refractivity contribution in [1.29, 1.82) is 0 Å². The van der Waals surface area contributed by atoms with Gasteiger partial charge in [0.2, 0.25) is 11.8 Å². The first-order valence-electron chi connectivity index (χ1n) is 7.83. The highest BCUT2D eigenvalue weighted by atomic mass is 32.2. The summed E-state index contributed by atoms with van der Waals surface area (Å²) in [6.45, 7) is 1.81. The number of benzene rings is 1. The van der Waals surface area contributed by atoms with Crippen LogP contribution < -0.4 is 5.73 Å². The molecule has 4 rings (SSSR count). The molecule has 2 N–H and O–H groups in total. The Balaban J connectivity index is 1.73. The molecule has 3 atom stereocenters. The molecule has 0 unspecified atom stereocenters. The van der Waals surface area contributed by atoms with Crippen molar-refractivity contribution in [2.24, 2.45) is 16.6 Å². The van der Waals surface area contributed by atoms with Gasteiger partial charge in [0.05, 0.1) is 6.61 Å². The first-order valence-corrected chi connectivity index (χ1v) is 8.82. The van der Waals surface area contributed by atoms with Crippen molar-refractivity contribution in [3.05, 3.63) is 47.2 Å². The second kappa shape index (κ2) is 6.06. The number of aromatic nitrogens is 2. The summed E-state index contributed by atoms with van der Waals surface area (Å²) in [6, 6.07) is 3.51. The molecule has 132 valence electrons. The minimum atomic E-state index is -0.974. The average Bonchev–Trinajstić information content (AvgIpc) is 3.00. The zero-order chi connectivity index (χ0) is 17.6. The Morgan fingerprint density at radius 2 is 2.16 bits per heavy atom. The normalized spacial score (nSPS) is 29.2. The lowest BCUT2D eigenvalue weighted by Crippen LogP contribution is -2.48. The molecule has 0 saturated carbocycles. The molecule has 1 saturated heterocycles. The Labute approximate surface area is 146 Å². The molecule has 2 aliphatic rings. The smallest absolute Gasteiger partial charge is 0.245 e. The van der Waals surface area contributed by atoms with Crippen LogP contribution in [0.1, 0.15) is 29.9 Å². The van der Waals surface area contributed by atoms with Gasteiger partial charge in [-0.1, -0.05) is 17.8 Å². The molecular weight excluding hydrogens is 350 g/mol. The van der Waals surface area contributed by atoms with Gasteiger partial charge in [-0.3, -0.25) is 0 Å². The summed E-state index contributed by atoms with van der Waals surface area (Å²) in [7, 11) is 0. The van der Waals surface area contributed by atoms with Gasteiger partial charge in [0.25, 0.3) is 0 Å². The minimum Gasteiger partial charge on any atom is -0.423 e. The molecule has 6 nitrogen and oxygen atoms in total. The van der Waals surface area contributed by atoms with Crippen molar-refractivity contribution in [3.63, 3.8) is 0 Å². The highest BCUT2D eigenvalue weighted by Gasteiger charge is 2.50. The number of thioether (sulfide) groups is 1. The van der Waals surface area contributed by atoms with E-state index in [9.17, 15) is 8.78 Å². The lowest BCUT2D eigenvalue weighted by atomic mass is 9.75. The average molecular weight is 366 g/mol. The van der Waals surface area contributed by atoms with E-state index >= 15 is 0 Å². The molecule has 9 heteroatoms. The molecule has 1 aromatic carbocycles. The summed E-state index contributed by atoms with van der Waals surface area (Å²) in [4.78, 5) is 4.53. The van der Waals surface area contributed by atoms with E-state index < -0.39 is 17.2 Å². The zero-order valence-corrected chi connectivity index (χ0v) is 14.2. The van der Waals surface area contributed by atoms with E-state index in [1.807, 2.05) is 0 Å². The highest BCUT2D eigenvalue weighted by Crippen LogP contribution is 2.49. The number of hydrogen-bond donors (Lipinski definition) is 1. The minimum absolute atomic E-state index is 0.0595. The van der Waals surface area contributed by atoms with Crippen molar-refractivity contribution in [2.75, 3.05) is 12.4 Å². The largest absolute Gasteiger partial charge is 0.423 e. The summed E-state index contributed by atoms with van der Waals surface area (Å²) >= 11 is 1.42. The lowest BCUT2D eigenvalue weighted by molar-refractivity contribution is -0.0700. The number of aliphatic imine (C=N–C) groups is 1. The molecule has 0 amide bonds. The van der Waals surface area contributed by atoms with Gasteiger partial charge < -0.3 is 14.9 Å². The third-order valence-corrected chi connectivity index (χ3v) is 5.59. The van der Waals surface area contributed by atoms with Crippen LogP contribution in [0.5, 0.6) is 0 Å². The number of fused-ring (bicyclic) bond motifs is 1. The summed E-state index contributed by atoms with van der Waals surface area (Å²) in [5.41, 5.74) is 5.23. The predicted molar refractivity (Wildman–Crippen MR) is 88.0 cm³/mol. The molecule has 2 aliphatic heterocycles. The lowest BCUT2D eigenvalue weighted by Gasteiger charge is -2.45. The summed E-state index contributed by atoms with van der Waals surface area (Å²) in [5.74, 6) is 0.171. The van der Waals surface area contributed by atoms with Crippen LogP contribution in [0.3, 0.4) is 0 Å². The number of halogens is 2. The maximum Gasteiger partial charge on any atom is 0.245 e. The van der Waals surface area contributed by atoms with Crippen LogP contribution in [0.15, 0.2) is 27.6 Å². The second-order valence-corrected chi connectivity index (χ2v) is 7.24. The fourth-order valence-corrected chi connectivity index (χ4v) is 4.43. The Bertz CT molecular complexity index is 843. The van der Waals surface area contributed by atoms with Gasteiger partial charge in [-0.2, -0.15) is 0 Å². The van der Waals surface area contributed by atoms with Gasteiger partial charge in [-0.05, 0) is 12.5 Å². The van der Waals surface area contributed by atoms with Crippen molar-refractivity contribution in [3.8, 4) is 0 Å². The number of rotatable bonds is 2. The number of nitrogens with zero attached hydrogens (tertiary/aromatic N) is 3. The predicted octanol–water partition coefficient (Wildman–Crippen LogP) is 2.69. The fraction of sp³-hybridized carbons (Fsp3) is 0.438. The summed E-state index contributed by atoms with van der Waals surface area (Å²) in [5, 5.41) is 8.21. The van der Waals surface area contributed by atoms with Gasteiger partial charge in [0.1, 0.15) is 23.3 Å². The Morgan fingerprint density at radius 1 is 1.32 bits per heavy atom. The van der Waals surface area contributed by atoms with Crippen LogP contribution in [0.25, 0.3) is 0 Å². The third-order valence-electron chi connectivity index (χ3n) is 4.64. The SMILES string of the molecule is Cc1nnc([C@H]2C[C@H]3CSC(N)=N[C@@]3(c3ccc(F)cc3F)CO2)o1. The molecule has 2 aromatic rings. The third kappa shape index (κ3) is 2.81. The molecule has 0 aliphatic carbocycles. The maximum atomic E-state index is 14.5. The summed E-state index contributed by atoms with van der Waals surface area (Å²) < 4.78 is 39.2. The van der Waals surface area contributed by atoms with Crippen LogP contribution in [0, 0.1) is 24.5 Å². The molecule has 25 heavy (non-hydrogen) atoms. The van der Waals surface area contributed by atoms with Crippen LogP contribution in [-0.4, -0.2) is 27.7 Å². The van der Waals surface area contributed by atoms with E-state index in [4.69, 9.17) is 14.9 Å². The van der Waals surface area contributed by atoms with Gasteiger partial charge >= 0.3 is 0 Å². The van der Waals surface area contributed by atoms with Crippen molar-refractivity contribution >= 4 is 16.9 Å². The highest BCUT2D eigenvalue weighted by molar-refractivity contribution is 8.13. The molecule has 3 heterocycles. The molecular formula is C16H16F2N4O2S.